The number of amides is 1. The van der Waals surface area contributed by atoms with Crippen LogP contribution in [0.3, 0.4) is 0 Å². The highest BCUT2D eigenvalue weighted by Gasteiger charge is 2.24. The van der Waals surface area contributed by atoms with E-state index in [9.17, 15) is 13.2 Å². The predicted molar refractivity (Wildman–Crippen MR) is 89.2 cm³/mol. The number of sulfonamides is 1. The summed E-state index contributed by atoms with van der Waals surface area (Å²) < 4.78 is 30.5. The molecule has 1 aliphatic rings. The SMILES string of the molecule is CS(=O)(=O)N(CCNC(=O)c1ccccc1Cl)CC1CCCO1. The predicted octanol–water partition coefficient (Wildman–Crippen LogP) is 1.51. The average molecular weight is 361 g/mol. The van der Waals surface area contributed by atoms with Gasteiger partial charge in [0.05, 0.1) is 22.9 Å². The number of rotatable bonds is 7. The van der Waals surface area contributed by atoms with Crippen LogP contribution < -0.4 is 5.32 Å². The summed E-state index contributed by atoms with van der Waals surface area (Å²) in [6.07, 6.45) is 2.91. The Bertz CT molecular complexity index is 645. The summed E-state index contributed by atoms with van der Waals surface area (Å²) in [5.74, 6) is -0.318. The van der Waals surface area contributed by atoms with Crippen LogP contribution in [-0.2, 0) is 14.8 Å². The fraction of sp³-hybridized carbons (Fsp3) is 0.533. The Morgan fingerprint density at radius 1 is 1.43 bits per heavy atom. The summed E-state index contributed by atoms with van der Waals surface area (Å²) in [4.78, 5) is 12.1. The van der Waals surface area contributed by atoms with Gasteiger partial charge in [0.25, 0.3) is 5.91 Å². The molecule has 1 N–H and O–H groups in total. The second kappa shape index (κ2) is 8.10. The van der Waals surface area contributed by atoms with Crippen molar-refractivity contribution in [2.75, 3.05) is 32.5 Å². The Labute approximate surface area is 141 Å². The van der Waals surface area contributed by atoms with Gasteiger partial charge in [-0.1, -0.05) is 23.7 Å². The maximum atomic E-state index is 12.1. The van der Waals surface area contributed by atoms with Crippen molar-refractivity contribution in [2.45, 2.75) is 18.9 Å². The Kier molecular flexibility index (Phi) is 6.41. The molecule has 8 heteroatoms. The third-order valence-electron chi connectivity index (χ3n) is 3.67. The van der Waals surface area contributed by atoms with Crippen LogP contribution in [0.25, 0.3) is 0 Å². The number of ether oxygens (including phenoxy) is 1. The second-order valence-electron chi connectivity index (χ2n) is 5.49. The summed E-state index contributed by atoms with van der Waals surface area (Å²) in [5, 5.41) is 3.06. The van der Waals surface area contributed by atoms with E-state index in [2.05, 4.69) is 5.32 Å². The highest BCUT2D eigenvalue weighted by molar-refractivity contribution is 7.88. The van der Waals surface area contributed by atoms with Crippen LogP contribution in [0.4, 0.5) is 0 Å². The van der Waals surface area contributed by atoms with Crippen LogP contribution in [0.5, 0.6) is 0 Å². The molecule has 0 aliphatic carbocycles. The zero-order valence-corrected chi connectivity index (χ0v) is 14.6. The minimum Gasteiger partial charge on any atom is -0.377 e. The zero-order chi connectivity index (χ0) is 16.9. The summed E-state index contributed by atoms with van der Waals surface area (Å²) in [7, 11) is -3.35. The first-order valence-corrected chi connectivity index (χ1v) is 9.70. The first kappa shape index (κ1) is 18.2. The number of benzene rings is 1. The first-order valence-electron chi connectivity index (χ1n) is 7.47. The lowest BCUT2D eigenvalue weighted by Crippen LogP contribution is -2.41. The summed E-state index contributed by atoms with van der Waals surface area (Å²) in [5.41, 5.74) is 0.374. The van der Waals surface area contributed by atoms with Crippen LogP contribution in [-0.4, -0.2) is 57.2 Å². The average Bonchev–Trinajstić information content (AvgIpc) is 2.98. The number of nitrogens with zero attached hydrogens (tertiary/aromatic N) is 1. The molecule has 128 valence electrons. The molecule has 2 rings (SSSR count). The van der Waals surface area contributed by atoms with Gasteiger partial charge in [-0.15, -0.1) is 0 Å². The number of halogens is 1. The van der Waals surface area contributed by atoms with E-state index in [1.807, 2.05) is 0 Å². The first-order chi connectivity index (χ1) is 10.9. The number of hydrogen-bond acceptors (Lipinski definition) is 4. The number of nitrogens with one attached hydrogen (secondary N) is 1. The lowest BCUT2D eigenvalue weighted by atomic mass is 10.2. The van der Waals surface area contributed by atoms with Gasteiger partial charge in [0.1, 0.15) is 0 Å². The van der Waals surface area contributed by atoms with E-state index >= 15 is 0 Å². The Morgan fingerprint density at radius 2 is 2.17 bits per heavy atom. The van der Waals surface area contributed by atoms with Crippen LogP contribution in [0.1, 0.15) is 23.2 Å². The fourth-order valence-corrected chi connectivity index (χ4v) is 3.52. The molecule has 1 heterocycles. The van der Waals surface area contributed by atoms with Gasteiger partial charge in [0, 0.05) is 26.2 Å². The summed E-state index contributed by atoms with van der Waals surface area (Å²) in [6.45, 7) is 1.41. The summed E-state index contributed by atoms with van der Waals surface area (Å²) in [6, 6.07) is 6.72. The maximum absolute atomic E-state index is 12.1. The minimum atomic E-state index is -3.35. The van der Waals surface area contributed by atoms with E-state index < -0.39 is 10.0 Å². The Balaban J connectivity index is 1.88. The topological polar surface area (TPSA) is 75.7 Å². The molecule has 0 bridgehead atoms. The van der Waals surface area contributed by atoms with Crippen LogP contribution in [0, 0.1) is 0 Å². The summed E-state index contributed by atoms with van der Waals surface area (Å²) >= 11 is 5.96. The molecule has 6 nitrogen and oxygen atoms in total. The lowest BCUT2D eigenvalue weighted by molar-refractivity contribution is 0.0911. The standard InChI is InChI=1S/C15H21ClN2O4S/c1-23(20,21)18(11-12-5-4-10-22-12)9-8-17-15(19)13-6-2-3-7-14(13)16/h2-3,6-7,12H,4-5,8-11H2,1H3,(H,17,19). The third-order valence-corrected chi connectivity index (χ3v) is 5.26. The van der Waals surface area contributed by atoms with Crippen LogP contribution >= 0.6 is 11.6 Å². The molecule has 1 amide bonds. The molecular weight excluding hydrogens is 340 g/mol. The number of hydrogen-bond donors (Lipinski definition) is 1. The molecular formula is C15H21ClN2O4S. The van der Waals surface area contributed by atoms with Crippen molar-refractivity contribution in [1.82, 2.24) is 9.62 Å². The fourth-order valence-electron chi connectivity index (χ4n) is 2.44. The normalized spacial score (nSPS) is 18.3. The number of carbonyl (C=O) groups excluding carboxylic acids is 1. The van der Waals surface area contributed by atoms with E-state index in [1.165, 1.54) is 4.31 Å². The smallest absolute Gasteiger partial charge is 0.252 e. The van der Waals surface area contributed by atoms with E-state index in [4.69, 9.17) is 16.3 Å². The van der Waals surface area contributed by atoms with Gasteiger partial charge in [-0.05, 0) is 25.0 Å². The molecule has 0 radical (unpaired) electrons. The van der Waals surface area contributed by atoms with Gasteiger partial charge >= 0.3 is 0 Å². The molecule has 1 unspecified atom stereocenters. The molecule has 0 saturated carbocycles. The Hall–Kier alpha value is -1.15. The van der Waals surface area contributed by atoms with Gasteiger partial charge in [-0.2, -0.15) is 4.31 Å². The molecule has 1 fully saturated rings. The lowest BCUT2D eigenvalue weighted by Gasteiger charge is -2.23. The van der Waals surface area contributed by atoms with Crippen LogP contribution in [0.2, 0.25) is 5.02 Å². The molecule has 1 aliphatic heterocycles. The second-order valence-corrected chi connectivity index (χ2v) is 7.88. The van der Waals surface area contributed by atoms with Gasteiger partial charge in [-0.3, -0.25) is 4.79 Å². The van der Waals surface area contributed by atoms with Crippen molar-refractivity contribution in [3.05, 3.63) is 34.9 Å². The van der Waals surface area contributed by atoms with Crippen LogP contribution in [0.15, 0.2) is 24.3 Å². The third kappa shape index (κ3) is 5.46. The van der Waals surface area contributed by atoms with E-state index in [0.717, 1.165) is 19.1 Å². The van der Waals surface area contributed by atoms with Gasteiger partial charge < -0.3 is 10.1 Å². The highest BCUT2D eigenvalue weighted by Crippen LogP contribution is 2.15. The molecule has 23 heavy (non-hydrogen) atoms. The van der Waals surface area contributed by atoms with Gasteiger partial charge in [-0.25, -0.2) is 8.42 Å². The zero-order valence-electron chi connectivity index (χ0n) is 13.0. The highest BCUT2D eigenvalue weighted by atomic mass is 35.5. The van der Waals surface area contributed by atoms with Crippen molar-refractivity contribution < 1.29 is 17.9 Å². The number of carbonyl (C=O) groups is 1. The van der Waals surface area contributed by atoms with Crippen molar-refractivity contribution in [1.29, 1.82) is 0 Å². The van der Waals surface area contributed by atoms with Crippen molar-refractivity contribution in [3.8, 4) is 0 Å². The minimum absolute atomic E-state index is 0.0657. The van der Waals surface area contributed by atoms with Gasteiger partial charge in [0.2, 0.25) is 10.0 Å². The molecule has 1 atom stereocenters. The largest absolute Gasteiger partial charge is 0.377 e. The van der Waals surface area contributed by atoms with E-state index in [1.54, 1.807) is 24.3 Å². The van der Waals surface area contributed by atoms with Crippen molar-refractivity contribution >= 4 is 27.5 Å². The van der Waals surface area contributed by atoms with Crippen molar-refractivity contribution in [2.24, 2.45) is 0 Å². The molecule has 0 spiro atoms. The van der Waals surface area contributed by atoms with Crippen molar-refractivity contribution in [3.63, 3.8) is 0 Å². The molecule has 1 saturated heterocycles. The maximum Gasteiger partial charge on any atom is 0.252 e. The Morgan fingerprint density at radius 3 is 2.78 bits per heavy atom. The molecule has 1 aromatic rings. The van der Waals surface area contributed by atoms with E-state index in [0.29, 0.717) is 23.7 Å². The quantitative estimate of drug-likeness (QED) is 0.799. The van der Waals surface area contributed by atoms with E-state index in [-0.39, 0.29) is 25.1 Å². The monoisotopic (exact) mass is 360 g/mol. The van der Waals surface area contributed by atoms with Gasteiger partial charge in [0.15, 0.2) is 0 Å². The molecule has 1 aromatic carbocycles. The molecule has 0 aromatic heterocycles.